The second kappa shape index (κ2) is 6.49. The first-order valence-electron chi connectivity index (χ1n) is 6.41. The molecular formula is C13H27NO. The summed E-state index contributed by atoms with van der Waals surface area (Å²) in [4.78, 5) is 0. The summed E-state index contributed by atoms with van der Waals surface area (Å²) in [6.45, 7) is 7.44. The van der Waals surface area contributed by atoms with Crippen LogP contribution in [0.3, 0.4) is 0 Å². The summed E-state index contributed by atoms with van der Waals surface area (Å²) in [7, 11) is 2.06. The highest BCUT2D eigenvalue weighted by Crippen LogP contribution is 2.40. The van der Waals surface area contributed by atoms with E-state index in [9.17, 15) is 0 Å². The Morgan fingerprint density at radius 1 is 1.27 bits per heavy atom. The first-order chi connectivity index (χ1) is 7.18. The molecule has 0 heterocycles. The van der Waals surface area contributed by atoms with Gasteiger partial charge in [0.05, 0.1) is 0 Å². The van der Waals surface area contributed by atoms with E-state index in [2.05, 4.69) is 26.2 Å². The molecule has 0 saturated heterocycles. The van der Waals surface area contributed by atoms with Crippen molar-refractivity contribution < 1.29 is 4.74 Å². The van der Waals surface area contributed by atoms with Gasteiger partial charge in [0, 0.05) is 19.8 Å². The summed E-state index contributed by atoms with van der Waals surface area (Å²) in [5.41, 5.74) is 0.547. The van der Waals surface area contributed by atoms with Gasteiger partial charge in [-0.3, -0.25) is 0 Å². The van der Waals surface area contributed by atoms with E-state index in [0.717, 1.165) is 19.8 Å². The number of rotatable bonds is 7. The molecule has 0 amide bonds. The molecule has 2 heteroatoms. The van der Waals surface area contributed by atoms with E-state index in [1.54, 1.807) is 0 Å². The Bertz CT molecular complexity index is 162. The summed E-state index contributed by atoms with van der Waals surface area (Å²) < 4.78 is 5.70. The number of hydrogen-bond donors (Lipinski definition) is 1. The van der Waals surface area contributed by atoms with Gasteiger partial charge in [0.15, 0.2) is 0 Å². The molecule has 0 aromatic rings. The first kappa shape index (κ1) is 13.0. The summed E-state index contributed by atoms with van der Waals surface area (Å²) in [5, 5.41) is 3.34. The molecule has 0 spiro atoms. The fourth-order valence-corrected chi connectivity index (χ4v) is 2.62. The lowest BCUT2D eigenvalue weighted by atomic mass is 9.83. The van der Waals surface area contributed by atoms with E-state index >= 15 is 0 Å². The van der Waals surface area contributed by atoms with Gasteiger partial charge < -0.3 is 10.1 Å². The molecule has 0 aromatic heterocycles. The van der Waals surface area contributed by atoms with Crippen molar-refractivity contribution in [1.29, 1.82) is 0 Å². The van der Waals surface area contributed by atoms with Gasteiger partial charge in [-0.1, -0.05) is 26.7 Å². The van der Waals surface area contributed by atoms with E-state index < -0.39 is 0 Å². The topological polar surface area (TPSA) is 21.3 Å². The van der Waals surface area contributed by atoms with Gasteiger partial charge in [0.2, 0.25) is 0 Å². The minimum Gasteiger partial charge on any atom is -0.381 e. The summed E-state index contributed by atoms with van der Waals surface area (Å²) in [6.07, 6.45) is 6.83. The summed E-state index contributed by atoms with van der Waals surface area (Å²) in [5.74, 6) is 0.661. The molecule has 90 valence electrons. The SMILES string of the molecule is CNCC1(CCOCC(C)C)CCCC1. The summed E-state index contributed by atoms with van der Waals surface area (Å²) in [6, 6.07) is 0. The first-order valence-corrected chi connectivity index (χ1v) is 6.41. The van der Waals surface area contributed by atoms with Crippen LogP contribution in [0.1, 0.15) is 46.0 Å². The second-order valence-electron chi connectivity index (χ2n) is 5.46. The zero-order valence-electron chi connectivity index (χ0n) is 10.6. The lowest BCUT2D eigenvalue weighted by Crippen LogP contribution is -2.31. The molecule has 1 N–H and O–H groups in total. The van der Waals surface area contributed by atoms with Crippen LogP contribution >= 0.6 is 0 Å². The minimum atomic E-state index is 0.547. The van der Waals surface area contributed by atoms with Crippen molar-refractivity contribution >= 4 is 0 Å². The van der Waals surface area contributed by atoms with Crippen LogP contribution in [0, 0.1) is 11.3 Å². The quantitative estimate of drug-likeness (QED) is 0.657. The largest absolute Gasteiger partial charge is 0.381 e. The van der Waals surface area contributed by atoms with E-state index in [4.69, 9.17) is 4.74 Å². The Labute approximate surface area is 94.8 Å². The lowest BCUT2D eigenvalue weighted by molar-refractivity contribution is 0.0774. The maximum absolute atomic E-state index is 5.70. The molecular weight excluding hydrogens is 186 g/mol. The van der Waals surface area contributed by atoms with Crippen LogP contribution in [0.15, 0.2) is 0 Å². The van der Waals surface area contributed by atoms with Crippen LogP contribution in [0.25, 0.3) is 0 Å². The molecule has 2 nitrogen and oxygen atoms in total. The molecule has 0 aliphatic heterocycles. The zero-order valence-corrected chi connectivity index (χ0v) is 10.6. The van der Waals surface area contributed by atoms with E-state index in [1.165, 1.54) is 32.1 Å². The third-order valence-corrected chi connectivity index (χ3v) is 3.44. The van der Waals surface area contributed by atoms with Crippen LogP contribution in [-0.2, 0) is 4.74 Å². The highest BCUT2D eigenvalue weighted by molar-refractivity contribution is 4.86. The summed E-state index contributed by atoms with van der Waals surface area (Å²) >= 11 is 0. The highest BCUT2D eigenvalue weighted by atomic mass is 16.5. The normalized spacial score (nSPS) is 20.0. The van der Waals surface area contributed by atoms with Gasteiger partial charge in [-0.2, -0.15) is 0 Å². The van der Waals surface area contributed by atoms with Crippen LogP contribution in [-0.4, -0.2) is 26.8 Å². The molecule has 15 heavy (non-hydrogen) atoms. The fourth-order valence-electron chi connectivity index (χ4n) is 2.62. The van der Waals surface area contributed by atoms with Gasteiger partial charge in [-0.05, 0) is 37.6 Å². The third kappa shape index (κ3) is 4.52. The number of hydrogen-bond acceptors (Lipinski definition) is 2. The predicted octanol–water partition coefficient (Wildman–Crippen LogP) is 2.83. The maximum Gasteiger partial charge on any atom is 0.0488 e. The van der Waals surface area contributed by atoms with Crippen LogP contribution in [0.2, 0.25) is 0 Å². The second-order valence-corrected chi connectivity index (χ2v) is 5.46. The van der Waals surface area contributed by atoms with Crippen molar-refractivity contribution in [3.05, 3.63) is 0 Å². The minimum absolute atomic E-state index is 0.547. The molecule has 0 aromatic carbocycles. The van der Waals surface area contributed by atoms with Crippen LogP contribution in [0.4, 0.5) is 0 Å². The van der Waals surface area contributed by atoms with Crippen molar-refractivity contribution in [3.8, 4) is 0 Å². The predicted molar refractivity (Wildman–Crippen MR) is 65.1 cm³/mol. The Morgan fingerprint density at radius 3 is 2.47 bits per heavy atom. The molecule has 0 bridgehead atoms. The van der Waals surface area contributed by atoms with Crippen molar-refractivity contribution in [2.24, 2.45) is 11.3 Å². The molecule has 1 fully saturated rings. The third-order valence-electron chi connectivity index (χ3n) is 3.44. The molecule has 1 saturated carbocycles. The van der Waals surface area contributed by atoms with E-state index in [1.807, 2.05) is 0 Å². The molecule has 0 atom stereocenters. The average molecular weight is 213 g/mol. The zero-order chi connectivity index (χ0) is 11.1. The van der Waals surface area contributed by atoms with Gasteiger partial charge in [-0.25, -0.2) is 0 Å². The molecule has 1 rings (SSSR count). The molecule has 1 aliphatic rings. The molecule has 0 unspecified atom stereocenters. The highest BCUT2D eigenvalue weighted by Gasteiger charge is 2.32. The van der Waals surface area contributed by atoms with Crippen LogP contribution in [0.5, 0.6) is 0 Å². The molecule has 0 radical (unpaired) electrons. The van der Waals surface area contributed by atoms with Gasteiger partial charge in [-0.15, -0.1) is 0 Å². The molecule has 1 aliphatic carbocycles. The Morgan fingerprint density at radius 2 is 1.93 bits per heavy atom. The Balaban J connectivity index is 2.20. The van der Waals surface area contributed by atoms with Crippen molar-refractivity contribution in [2.45, 2.75) is 46.0 Å². The number of nitrogens with one attached hydrogen (secondary N) is 1. The smallest absolute Gasteiger partial charge is 0.0488 e. The maximum atomic E-state index is 5.70. The van der Waals surface area contributed by atoms with Crippen molar-refractivity contribution in [1.82, 2.24) is 5.32 Å². The monoisotopic (exact) mass is 213 g/mol. The Hall–Kier alpha value is -0.0800. The van der Waals surface area contributed by atoms with Gasteiger partial charge in [0.25, 0.3) is 0 Å². The van der Waals surface area contributed by atoms with Crippen molar-refractivity contribution in [3.63, 3.8) is 0 Å². The van der Waals surface area contributed by atoms with E-state index in [0.29, 0.717) is 11.3 Å². The standard InChI is InChI=1S/C13H27NO/c1-12(2)10-15-9-8-13(11-14-3)6-4-5-7-13/h12,14H,4-11H2,1-3H3. The lowest BCUT2D eigenvalue weighted by Gasteiger charge is -2.28. The van der Waals surface area contributed by atoms with Crippen LogP contribution < -0.4 is 5.32 Å². The average Bonchev–Trinajstić information content (AvgIpc) is 2.62. The van der Waals surface area contributed by atoms with E-state index in [-0.39, 0.29) is 0 Å². The van der Waals surface area contributed by atoms with Crippen molar-refractivity contribution in [2.75, 3.05) is 26.8 Å². The van der Waals surface area contributed by atoms with Gasteiger partial charge in [0.1, 0.15) is 0 Å². The number of ether oxygens (including phenoxy) is 1. The fraction of sp³-hybridized carbons (Fsp3) is 1.00. The Kier molecular flexibility index (Phi) is 5.62. The van der Waals surface area contributed by atoms with Gasteiger partial charge >= 0.3 is 0 Å².